The molecule has 2 heterocycles. The van der Waals surface area contributed by atoms with Gasteiger partial charge in [-0.15, -0.1) is 10.2 Å². The molecule has 0 bridgehead atoms. The van der Waals surface area contributed by atoms with Crippen molar-refractivity contribution < 1.29 is 9.59 Å². The molecule has 0 aliphatic carbocycles. The molecule has 0 spiro atoms. The first-order valence-electron chi connectivity index (χ1n) is 11.9. The van der Waals surface area contributed by atoms with Gasteiger partial charge in [0.1, 0.15) is 0 Å². The number of amides is 1. The van der Waals surface area contributed by atoms with E-state index in [0.717, 1.165) is 5.56 Å². The maximum atomic E-state index is 13.6. The Hall–Kier alpha value is -4.24. The second-order valence-electron chi connectivity index (χ2n) is 8.93. The van der Waals surface area contributed by atoms with Gasteiger partial charge in [0.2, 0.25) is 5.78 Å². The Morgan fingerprint density at radius 3 is 2.32 bits per heavy atom. The first-order chi connectivity index (χ1) is 17.9. The molecule has 9 heteroatoms. The van der Waals surface area contributed by atoms with Crippen LogP contribution in [0.25, 0.3) is 16.7 Å². The predicted molar refractivity (Wildman–Crippen MR) is 144 cm³/mol. The lowest BCUT2D eigenvalue weighted by Gasteiger charge is -2.13. The minimum absolute atomic E-state index is 0.0351. The fourth-order valence-electron chi connectivity index (χ4n) is 4.11. The topological polar surface area (TPSA) is 98.4 Å². The number of nitrogens with zero attached hydrogens (tertiary/aromatic N) is 4. The number of rotatable bonds is 8. The van der Waals surface area contributed by atoms with E-state index in [1.165, 1.54) is 11.8 Å². The van der Waals surface area contributed by atoms with Crippen LogP contribution in [0.4, 0.5) is 0 Å². The van der Waals surface area contributed by atoms with Gasteiger partial charge in [0.15, 0.2) is 10.9 Å². The van der Waals surface area contributed by atoms with Gasteiger partial charge in [-0.3, -0.25) is 23.4 Å². The van der Waals surface area contributed by atoms with E-state index in [2.05, 4.69) is 15.5 Å². The van der Waals surface area contributed by atoms with Crippen molar-refractivity contribution in [2.45, 2.75) is 31.6 Å². The number of hydrogen-bond acceptors (Lipinski definition) is 6. The summed E-state index contributed by atoms with van der Waals surface area (Å²) in [6.07, 6.45) is 0. The number of aromatic nitrogens is 4. The lowest BCUT2D eigenvalue weighted by Crippen LogP contribution is -2.30. The van der Waals surface area contributed by atoms with Crippen molar-refractivity contribution in [3.05, 3.63) is 106 Å². The van der Waals surface area contributed by atoms with Crippen LogP contribution >= 0.6 is 11.8 Å². The van der Waals surface area contributed by atoms with Crippen LogP contribution in [0.1, 0.15) is 40.1 Å². The van der Waals surface area contributed by atoms with Gasteiger partial charge < -0.3 is 5.32 Å². The smallest absolute Gasteiger partial charge is 0.263 e. The number of carbonyl (C=O) groups excluding carboxylic acids is 2. The Morgan fingerprint density at radius 1 is 0.919 bits per heavy atom. The van der Waals surface area contributed by atoms with E-state index in [9.17, 15) is 14.4 Å². The summed E-state index contributed by atoms with van der Waals surface area (Å²) in [4.78, 5) is 39.1. The van der Waals surface area contributed by atoms with Gasteiger partial charge in [-0.1, -0.05) is 72.4 Å². The van der Waals surface area contributed by atoms with E-state index in [4.69, 9.17) is 0 Å². The molecular weight excluding hydrogens is 486 g/mol. The number of ketones is 1. The number of benzene rings is 3. The molecule has 0 radical (unpaired) electrons. The zero-order valence-electron chi connectivity index (χ0n) is 20.4. The summed E-state index contributed by atoms with van der Waals surface area (Å²) in [6.45, 7) is 4.08. The highest BCUT2D eigenvalue weighted by Gasteiger charge is 2.20. The first kappa shape index (κ1) is 24.5. The molecule has 8 nitrogen and oxygen atoms in total. The second kappa shape index (κ2) is 10.4. The van der Waals surface area contributed by atoms with Gasteiger partial charge in [-0.25, -0.2) is 0 Å². The van der Waals surface area contributed by atoms with Crippen molar-refractivity contribution in [1.29, 1.82) is 0 Å². The van der Waals surface area contributed by atoms with Crippen LogP contribution in [-0.2, 0) is 6.54 Å². The number of hydrogen-bond donors (Lipinski definition) is 1. The number of nitrogens with one attached hydrogen (secondary N) is 1. The Kier molecular flexibility index (Phi) is 6.87. The summed E-state index contributed by atoms with van der Waals surface area (Å²) < 4.78 is 3.33. The molecule has 0 saturated carbocycles. The standard InChI is InChI=1S/C28H25N5O3S/c1-18(2)29-25(35)21-13-14-22-23(15-21)33-27(32(26(22)36)16-19-9-5-3-6-10-19)30-31-28(33)37-17-24(34)20-11-7-4-8-12-20/h3-15,18H,16-17H2,1-2H3,(H,29,35). The van der Waals surface area contributed by atoms with Crippen molar-refractivity contribution in [2.24, 2.45) is 0 Å². The molecule has 0 fully saturated rings. The van der Waals surface area contributed by atoms with E-state index in [0.29, 0.717) is 39.5 Å². The summed E-state index contributed by atoms with van der Waals surface area (Å²) >= 11 is 1.24. The van der Waals surface area contributed by atoms with Crippen molar-refractivity contribution in [2.75, 3.05) is 5.75 Å². The van der Waals surface area contributed by atoms with Crippen LogP contribution in [0.2, 0.25) is 0 Å². The van der Waals surface area contributed by atoms with E-state index in [1.54, 1.807) is 39.3 Å². The molecule has 3 aromatic carbocycles. The molecule has 0 aliphatic rings. The molecule has 2 aromatic heterocycles. The average Bonchev–Trinajstić information content (AvgIpc) is 3.34. The third-order valence-electron chi connectivity index (χ3n) is 5.87. The number of Topliss-reactive ketones (excluding diaryl/α,β-unsaturated/α-hetero) is 1. The second-order valence-corrected chi connectivity index (χ2v) is 9.88. The predicted octanol–water partition coefficient (Wildman–Crippen LogP) is 4.21. The summed E-state index contributed by atoms with van der Waals surface area (Å²) in [5, 5.41) is 12.5. The molecule has 37 heavy (non-hydrogen) atoms. The SMILES string of the molecule is CC(C)NC(=O)c1ccc2c(=O)n(Cc3ccccc3)c3nnc(SCC(=O)c4ccccc4)n3c2c1. The minimum atomic E-state index is -0.236. The van der Waals surface area contributed by atoms with Crippen molar-refractivity contribution in [3.63, 3.8) is 0 Å². The number of thioether (sulfide) groups is 1. The first-order valence-corrected chi connectivity index (χ1v) is 12.9. The number of carbonyl (C=O) groups is 2. The molecule has 0 unspecified atom stereocenters. The molecule has 0 saturated heterocycles. The van der Waals surface area contributed by atoms with Crippen LogP contribution in [0.5, 0.6) is 0 Å². The molecule has 186 valence electrons. The van der Waals surface area contributed by atoms with E-state index >= 15 is 0 Å². The molecule has 1 N–H and O–H groups in total. The molecule has 1 amide bonds. The highest BCUT2D eigenvalue weighted by Crippen LogP contribution is 2.24. The van der Waals surface area contributed by atoms with E-state index < -0.39 is 0 Å². The van der Waals surface area contributed by atoms with Crippen LogP contribution < -0.4 is 10.9 Å². The van der Waals surface area contributed by atoms with Crippen LogP contribution in [0.3, 0.4) is 0 Å². The molecule has 0 aliphatic heterocycles. The van der Waals surface area contributed by atoms with Crippen molar-refractivity contribution in [1.82, 2.24) is 24.5 Å². The Bertz CT molecular complexity index is 1660. The van der Waals surface area contributed by atoms with E-state index in [-0.39, 0.29) is 29.0 Å². The van der Waals surface area contributed by atoms with Gasteiger partial charge in [0, 0.05) is 17.2 Å². The summed E-state index contributed by atoms with van der Waals surface area (Å²) in [7, 11) is 0. The van der Waals surface area contributed by atoms with Crippen molar-refractivity contribution >= 4 is 40.1 Å². The fraction of sp³-hybridized carbons (Fsp3) is 0.179. The van der Waals surface area contributed by atoms with Gasteiger partial charge in [0.05, 0.1) is 23.2 Å². The average molecular weight is 512 g/mol. The molecular formula is C28H25N5O3S. The highest BCUT2D eigenvalue weighted by atomic mass is 32.2. The van der Waals surface area contributed by atoms with Gasteiger partial charge in [-0.2, -0.15) is 0 Å². The zero-order chi connectivity index (χ0) is 25.9. The molecule has 0 atom stereocenters. The minimum Gasteiger partial charge on any atom is -0.350 e. The largest absolute Gasteiger partial charge is 0.350 e. The number of fused-ring (bicyclic) bond motifs is 3. The summed E-state index contributed by atoms with van der Waals surface area (Å²) in [5.41, 5.74) is 2.26. The van der Waals surface area contributed by atoms with Gasteiger partial charge in [0.25, 0.3) is 11.5 Å². The molecule has 5 rings (SSSR count). The van der Waals surface area contributed by atoms with Gasteiger partial charge >= 0.3 is 0 Å². The van der Waals surface area contributed by atoms with Crippen molar-refractivity contribution in [3.8, 4) is 0 Å². The molecule has 5 aromatic rings. The summed E-state index contributed by atoms with van der Waals surface area (Å²) in [6, 6.07) is 23.7. The van der Waals surface area contributed by atoms with Gasteiger partial charge in [-0.05, 0) is 37.6 Å². The van der Waals surface area contributed by atoms with Crippen LogP contribution in [0.15, 0.2) is 88.8 Å². The van der Waals surface area contributed by atoms with Crippen LogP contribution in [-0.4, -0.2) is 42.7 Å². The monoisotopic (exact) mass is 511 g/mol. The Morgan fingerprint density at radius 2 is 1.62 bits per heavy atom. The summed E-state index contributed by atoms with van der Waals surface area (Å²) in [5.74, 6) is 0.219. The maximum Gasteiger partial charge on any atom is 0.263 e. The maximum absolute atomic E-state index is 13.6. The lowest BCUT2D eigenvalue weighted by molar-refractivity contribution is 0.0942. The zero-order valence-corrected chi connectivity index (χ0v) is 21.2. The third kappa shape index (κ3) is 5.03. The lowest BCUT2D eigenvalue weighted by atomic mass is 10.1. The van der Waals surface area contributed by atoms with E-state index in [1.807, 2.05) is 62.4 Å². The fourth-order valence-corrected chi connectivity index (χ4v) is 4.94. The Labute approximate surface area is 217 Å². The third-order valence-corrected chi connectivity index (χ3v) is 6.79. The quantitative estimate of drug-likeness (QED) is 0.248. The van der Waals surface area contributed by atoms with Crippen LogP contribution in [0, 0.1) is 0 Å². The Balaban J connectivity index is 1.64. The normalized spacial score (nSPS) is 11.3. The highest BCUT2D eigenvalue weighted by molar-refractivity contribution is 7.99.